The number of terminal acetylenes is 1. The summed E-state index contributed by atoms with van der Waals surface area (Å²) in [7, 11) is 0. The minimum absolute atomic E-state index is 0.00533. The fourth-order valence-corrected chi connectivity index (χ4v) is 10.8. The zero-order chi connectivity index (χ0) is 43.8. The van der Waals surface area contributed by atoms with Gasteiger partial charge in [0.15, 0.2) is 5.82 Å². The summed E-state index contributed by atoms with van der Waals surface area (Å²) in [6.07, 6.45) is 9.33. The van der Waals surface area contributed by atoms with Crippen LogP contribution in [0, 0.1) is 24.0 Å². The highest BCUT2D eigenvalue weighted by Crippen LogP contribution is 2.48. The monoisotopic (exact) mass is 863 g/mol. The predicted octanol–water partition coefficient (Wildman–Crippen LogP) is 6.85. The lowest BCUT2D eigenvalue weighted by Crippen LogP contribution is -2.62. The molecule has 5 atom stereocenters. The van der Waals surface area contributed by atoms with Crippen molar-refractivity contribution in [2.24, 2.45) is 0 Å². The Labute approximate surface area is 364 Å². The van der Waals surface area contributed by atoms with Crippen LogP contribution in [0.2, 0.25) is 0 Å². The van der Waals surface area contributed by atoms with Gasteiger partial charge in [0.05, 0.1) is 49.0 Å². The van der Waals surface area contributed by atoms with Crippen LogP contribution in [0.15, 0.2) is 42.5 Å². The molecular weight excluding hydrogens is 813 g/mol. The molecule has 14 nitrogen and oxygen atoms in total. The van der Waals surface area contributed by atoms with Gasteiger partial charge in [0, 0.05) is 49.6 Å². The maximum atomic E-state index is 17.6. The highest BCUT2D eigenvalue weighted by molar-refractivity contribution is 6.03. The van der Waals surface area contributed by atoms with Gasteiger partial charge in [-0.15, -0.1) is 6.42 Å². The third kappa shape index (κ3) is 7.22. The summed E-state index contributed by atoms with van der Waals surface area (Å²) in [5.41, 5.74) is -0.00920. The number of rotatable bonds is 6. The molecular formula is C47H51F2N7O7. The van der Waals surface area contributed by atoms with Crippen LogP contribution in [0.5, 0.6) is 11.9 Å². The minimum Gasteiger partial charge on any atom is -0.477 e. The van der Waals surface area contributed by atoms with Crippen molar-refractivity contribution in [2.45, 2.75) is 94.6 Å². The Hall–Kier alpha value is -5.79. The number of nitrogens with zero attached hydrogens (tertiary/aromatic N) is 7. The van der Waals surface area contributed by atoms with E-state index in [0.717, 1.165) is 31.3 Å². The van der Waals surface area contributed by atoms with Gasteiger partial charge in [-0.05, 0) is 64.3 Å². The van der Waals surface area contributed by atoms with Crippen LogP contribution in [-0.2, 0) is 14.2 Å². The Bertz CT molecular complexity index is 2570. The summed E-state index contributed by atoms with van der Waals surface area (Å²) in [6.45, 7) is 13.5. The van der Waals surface area contributed by atoms with E-state index in [2.05, 4.69) is 22.3 Å². The number of fused-ring (bicyclic) bond motifs is 7. The van der Waals surface area contributed by atoms with Crippen LogP contribution in [0.4, 0.5) is 24.2 Å². The molecule has 2 aromatic carbocycles. The topological polar surface area (TPSA) is 132 Å². The number of halogens is 2. The third-order valence-electron chi connectivity index (χ3n) is 13.5. The van der Waals surface area contributed by atoms with Crippen molar-refractivity contribution in [3.63, 3.8) is 0 Å². The predicted molar refractivity (Wildman–Crippen MR) is 230 cm³/mol. The molecule has 8 heterocycles. The zero-order valence-corrected chi connectivity index (χ0v) is 35.8. The molecule has 10 rings (SSSR count). The molecule has 330 valence electrons. The van der Waals surface area contributed by atoms with E-state index in [0.29, 0.717) is 68.8 Å². The maximum absolute atomic E-state index is 17.6. The van der Waals surface area contributed by atoms with E-state index < -0.39 is 22.8 Å². The summed E-state index contributed by atoms with van der Waals surface area (Å²) in [5, 5.41) is 1.24. The number of benzene rings is 2. The largest absolute Gasteiger partial charge is 0.477 e. The van der Waals surface area contributed by atoms with E-state index in [1.807, 2.05) is 25.7 Å². The van der Waals surface area contributed by atoms with E-state index in [-0.39, 0.29) is 95.8 Å². The normalized spacial score (nSPS) is 25.6. The molecule has 6 aliphatic rings. The molecule has 0 spiro atoms. The highest BCUT2D eigenvalue weighted by Gasteiger charge is 2.53. The van der Waals surface area contributed by atoms with Crippen molar-refractivity contribution in [2.75, 3.05) is 64.1 Å². The SMILES string of the molecule is C#Cc1c(F)ccc2cccc(-c3nc4c5c(nc(OC[C@@]67CC[C@@H](COC(=O)N8CCOCC8)N6CC(=C)C7)nc5c3F)N3C[C@H]5CC[C@@H]([C@H]3CCO4)N5C(=O)OC(C)(C)C)c12. The van der Waals surface area contributed by atoms with Crippen LogP contribution >= 0.6 is 0 Å². The first-order valence-electron chi connectivity index (χ1n) is 21.9. The smallest absolute Gasteiger partial charge is 0.410 e. The van der Waals surface area contributed by atoms with E-state index in [1.54, 1.807) is 29.2 Å². The molecule has 2 bridgehead atoms. The molecule has 5 fully saturated rings. The number of aromatic nitrogens is 3. The van der Waals surface area contributed by atoms with E-state index in [9.17, 15) is 9.59 Å². The molecule has 63 heavy (non-hydrogen) atoms. The van der Waals surface area contributed by atoms with Crippen LogP contribution < -0.4 is 14.4 Å². The second-order valence-electron chi connectivity index (χ2n) is 18.6. The Morgan fingerprint density at radius 3 is 2.62 bits per heavy atom. The van der Waals surface area contributed by atoms with E-state index in [4.69, 9.17) is 45.1 Å². The quantitative estimate of drug-likeness (QED) is 0.148. The molecule has 6 aliphatic heterocycles. The lowest BCUT2D eigenvalue weighted by Gasteiger charge is -2.48. The van der Waals surface area contributed by atoms with Crippen molar-refractivity contribution in [1.29, 1.82) is 0 Å². The molecule has 2 amide bonds. The fourth-order valence-electron chi connectivity index (χ4n) is 10.8. The number of hydrogen-bond donors (Lipinski definition) is 0. The van der Waals surface area contributed by atoms with Crippen molar-refractivity contribution in [3.05, 3.63) is 59.7 Å². The number of amides is 2. The van der Waals surface area contributed by atoms with Gasteiger partial charge in [-0.25, -0.2) is 23.4 Å². The highest BCUT2D eigenvalue weighted by atomic mass is 19.1. The van der Waals surface area contributed by atoms with Crippen molar-refractivity contribution in [3.8, 4) is 35.5 Å². The van der Waals surface area contributed by atoms with Crippen LogP contribution in [0.3, 0.4) is 0 Å². The standard InChI is InChI=1S/C47H51F2N7O7/c1-6-31-33(48)12-10-28-8-7-9-32(36(28)31)39-38(49)40-37-41(54-24-29-11-13-35(34(54)15-19-60-42(37)50-39)56(29)45(58)63-46(3,4)5)52-43(51-40)62-26-47-16-14-30(55(47)23-27(2)22-47)25-61-44(57)53-17-20-59-21-18-53/h1,7-10,12,29-30,34-35H,2,11,13-26H2,3-5H3/t29-,30+,34-,35+,47+/m1/s1. The van der Waals surface area contributed by atoms with Crippen LogP contribution in [0.1, 0.15) is 64.9 Å². The molecule has 2 aromatic heterocycles. The second kappa shape index (κ2) is 15.8. The number of anilines is 1. The average molecular weight is 864 g/mol. The average Bonchev–Trinajstić information content (AvgIpc) is 3.89. The van der Waals surface area contributed by atoms with Gasteiger partial charge in [0.1, 0.15) is 47.0 Å². The fraction of sp³-hybridized carbons (Fsp3) is 0.511. The Kier molecular flexibility index (Phi) is 10.3. The van der Waals surface area contributed by atoms with Gasteiger partial charge in [0.2, 0.25) is 5.88 Å². The summed E-state index contributed by atoms with van der Waals surface area (Å²) >= 11 is 0. The summed E-state index contributed by atoms with van der Waals surface area (Å²) in [4.78, 5) is 49.3. The third-order valence-corrected chi connectivity index (χ3v) is 13.5. The second-order valence-corrected chi connectivity index (χ2v) is 18.6. The van der Waals surface area contributed by atoms with Crippen molar-refractivity contribution in [1.82, 2.24) is 29.7 Å². The summed E-state index contributed by atoms with van der Waals surface area (Å²) in [5.74, 6) is 1.60. The first-order chi connectivity index (χ1) is 30.3. The zero-order valence-electron chi connectivity index (χ0n) is 35.8. The summed E-state index contributed by atoms with van der Waals surface area (Å²) in [6, 6.07) is 7.35. The number of carbonyl (C=O) groups excluding carboxylic acids is 2. The molecule has 16 heteroatoms. The van der Waals surface area contributed by atoms with Gasteiger partial charge in [-0.1, -0.05) is 42.3 Å². The molecule has 0 N–H and O–H groups in total. The maximum Gasteiger partial charge on any atom is 0.410 e. The lowest BCUT2D eigenvalue weighted by molar-refractivity contribution is 0.00630. The van der Waals surface area contributed by atoms with Gasteiger partial charge in [0.25, 0.3) is 0 Å². The van der Waals surface area contributed by atoms with Gasteiger partial charge in [-0.3, -0.25) is 9.80 Å². The number of piperazine rings is 1. The Balaban J connectivity index is 1.04. The number of carbonyl (C=O) groups is 2. The Morgan fingerprint density at radius 2 is 1.83 bits per heavy atom. The molecule has 0 saturated carbocycles. The molecule has 5 saturated heterocycles. The van der Waals surface area contributed by atoms with E-state index in [1.165, 1.54) is 6.07 Å². The first-order valence-corrected chi connectivity index (χ1v) is 21.9. The number of hydrogen-bond acceptors (Lipinski definition) is 12. The molecule has 0 unspecified atom stereocenters. The Morgan fingerprint density at radius 1 is 1.00 bits per heavy atom. The van der Waals surface area contributed by atoms with E-state index >= 15 is 8.78 Å². The minimum atomic E-state index is -0.768. The van der Waals surface area contributed by atoms with Crippen LogP contribution in [-0.4, -0.2) is 136 Å². The molecule has 4 aromatic rings. The lowest BCUT2D eigenvalue weighted by atomic mass is 9.94. The summed E-state index contributed by atoms with van der Waals surface area (Å²) < 4.78 is 63.1. The van der Waals surface area contributed by atoms with Crippen LogP contribution in [0.25, 0.3) is 32.9 Å². The first kappa shape index (κ1) is 41.2. The van der Waals surface area contributed by atoms with Gasteiger partial charge < -0.3 is 33.5 Å². The molecule has 0 aliphatic carbocycles. The van der Waals surface area contributed by atoms with Crippen molar-refractivity contribution >= 4 is 39.7 Å². The van der Waals surface area contributed by atoms with Gasteiger partial charge in [-0.2, -0.15) is 9.97 Å². The number of morpholine rings is 1. The van der Waals surface area contributed by atoms with Gasteiger partial charge >= 0.3 is 18.2 Å². The van der Waals surface area contributed by atoms with Crippen molar-refractivity contribution < 1.29 is 42.1 Å². The number of pyridine rings is 1. The number of ether oxygens (including phenoxy) is 5. The molecule has 0 radical (unpaired) electrons.